The summed E-state index contributed by atoms with van der Waals surface area (Å²) in [6, 6.07) is 3.89. The number of pyridine rings is 1. The van der Waals surface area contributed by atoms with Crippen molar-refractivity contribution < 1.29 is 19.1 Å². The lowest BCUT2D eigenvalue weighted by atomic mass is 10.2. The van der Waals surface area contributed by atoms with Gasteiger partial charge < -0.3 is 14.8 Å². The predicted octanol–water partition coefficient (Wildman–Crippen LogP) is 1.13. The van der Waals surface area contributed by atoms with Crippen molar-refractivity contribution in [1.82, 2.24) is 4.98 Å². The number of ether oxygens (including phenoxy) is 2. The fourth-order valence-electron chi connectivity index (χ4n) is 1.82. The van der Waals surface area contributed by atoms with Crippen LogP contribution >= 0.6 is 0 Å². The summed E-state index contributed by atoms with van der Waals surface area (Å²) in [6.07, 6.45) is 3.41. The maximum Gasteiger partial charge on any atom is 0.347 e. The van der Waals surface area contributed by atoms with Crippen LogP contribution in [0.4, 0.5) is 5.82 Å². The second-order valence-corrected chi connectivity index (χ2v) is 4.70. The average molecular weight is 262 g/mol. The van der Waals surface area contributed by atoms with Gasteiger partial charge in [0.2, 0.25) is 6.10 Å². The van der Waals surface area contributed by atoms with E-state index in [0.717, 1.165) is 18.7 Å². The molecule has 1 saturated carbocycles. The van der Waals surface area contributed by atoms with Gasteiger partial charge in [-0.1, -0.05) is 0 Å². The van der Waals surface area contributed by atoms with Crippen LogP contribution in [0.25, 0.3) is 0 Å². The van der Waals surface area contributed by atoms with Crippen LogP contribution in [0.3, 0.4) is 0 Å². The van der Waals surface area contributed by atoms with E-state index in [2.05, 4.69) is 10.3 Å². The van der Waals surface area contributed by atoms with Gasteiger partial charge in [0.15, 0.2) is 0 Å². The van der Waals surface area contributed by atoms with Gasteiger partial charge >= 0.3 is 11.9 Å². The number of carbonyl (C=O) groups excluding carboxylic acids is 2. The summed E-state index contributed by atoms with van der Waals surface area (Å²) in [5.41, 5.74) is 0.334. The fourth-order valence-corrected chi connectivity index (χ4v) is 1.82. The highest BCUT2D eigenvalue weighted by Crippen LogP contribution is 2.23. The highest BCUT2D eigenvalue weighted by molar-refractivity contribution is 5.91. The molecule has 0 spiro atoms. The summed E-state index contributed by atoms with van der Waals surface area (Å²) >= 11 is 0. The summed E-state index contributed by atoms with van der Waals surface area (Å²) in [5.74, 6) is -0.276. The van der Waals surface area contributed by atoms with Gasteiger partial charge in [-0.15, -0.1) is 0 Å². The van der Waals surface area contributed by atoms with E-state index in [0.29, 0.717) is 24.6 Å². The molecule has 1 aliphatic carbocycles. The van der Waals surface area contributed by atoms with Crippen molar-refractivity contribution in [3.8, 4) is 0 Å². The van der Waals surface area contributed by atoms with Gasteiger partial charge in [-0.05, 0) is 25.0 Å². The number of nitrogens with one attached hydrogen (secondary N) is 1. The Morgan fingerprint density at radius 3 is 2.79 bits per heavy atom. The highest BCUT2D eigenvalue weighted by atomic mass is 16.6. The molecule has 2 heterocycles. The summed E-state index contributed by atoms with van der Waals surface area (Å²) in [7, 11) is 0. The van der Waals surface area contributed by atoms with Crippen molar-refractivity contribution in [2.45, 2.75) is 31.4 Å². The average Bonchev–Trinajstić information content (AvgIpc) is 3.14. The zero-order valence-corrected chi connectivity index (χ0v) is 10.3. The van der Waals surface area contributed by atoms with E-state index in [9.17, 15) is 9.59 Å². The van der Waals surface area contributed by atoms with Crippen LogP contribution in [-0.4, -0.2) is 35.7 Å². The van der Waals surface area contributed by atoms with Crippen LogP contribution in [0.5, 0.6) is 0 Å². The molecule has 1 aromatic rings. The molecule has 0 unspecified atom stereocenters. The number of hydrogen-bond donors (Lipinski definition) is 1. The van der Waals surface area contributed by atoms with Gasteiger partial charge in [-0.3, -0.25) is 0 Å². The Labute approximate surface area is 110 Å². The van der Waals surface area contributed by atoms with Crippen LogP contribution < -0.4 is 5.32 Å². The smallest absolute Gasteiger partial charge is 0.347 e. The first-order chi connectivity index (χ1) is 9.22. The summed E-state index contributed by atoms with van der Waals surface area (Å²) in [6.45, 7) is 0.305. The number of nitrogens with zero attached hydrogens (tertiary/aromatic N) is 1. The lowest BCUT2D eigenvalue weighted by molar-refractivity contribution is -0.145. The Balaban J connectivity index is 1.60. The number of cyclic esters (lactones) is 1. The molecule has 1 aliphatic heterocycles. The molecular weight excluding hydrogens is 248 g/mol. The maximum atomic E-state index is 11.8. The van der Waals surface area contributed by atoms with Crippen molar-refractivity contribution in [3.05, 3.63) is 23.9 Å². The molecule has 1 aromatic heterocycles. The van der Waals surface area contributed by atoms with Gasteiger partial charge in [0.1, 0.15) is 5.82 Å². The molecule has 0 radical (unpaired) electrons. The second-order valence-electron chi connectivity index (χ2n) is 4.70. The van der Waals surface area contributed by atoms with Crippen LogP contribution in [-0.2, 0) is 14.3 Å². The van der Waals surface area contributed by atoms with E-state index in [1.807, 2.05) is 0 Å². The Hall–Kier alpha value is -2.11. The normalized spacial score (nSPS) is 21.9. The second kappa shape index (κ2) is 4.87. The largest absolute Gasteiger partial charge is 0.463 e. The summed E-state index contributed by atoms with van der Waals surface area (Å²) < 4.78 is 9.80. The fraction of sp³-hybridized carbons (Fsp3) is 0.462. The van der Waals surface area contributed by atoms with Gasteiger partial charge in [-0.25, -0.2) is 14.6 Å². The van der Waals surface area contributed by atoms with Gasteiger partial charge in [0, 0.05) is 18.7 Å². The first-order valence-corrected chi connectivity index (χ1v) is 6.32. The number of hydrogen-bond acceptors (Lipinski definition) is 6. The van der Waals surface area contributed by atoms with E-state index in [4.69, 9.17) is 9.47 Å². The minimum Gasteiger partial charge on any atom is -0.463 e. The first kappa shape index (κ1) is 12.0. The number of esters is 2. The number of anilines is 1. The molecule has 19 heavy (non-hydrogen) atoms. The third-order valence-electron chi connectivity index (χ3n) is 3.07. The molecule has 6 nitrogen and oxygen atoms in total. The number of rotatable bonds is 4. The topological polar surface area (TPSA) is 77.5 Å². The maximum absolute atomic E-state index is 11.8. The molecule has 0 amide bonds. The minimum atomic E-state index is -0.781. The molecule has 3 rings (SSSR count). The van der Waals surface area contributed by atoms with Crippen LogP contribution in [0.15, 0.2) is 18.3 Å². The lowest BCUT2D eigenvalue weighted by Crippen LogP contribution is -2.22. The highest BCUT2D eigenvalue weighted by Gasteiger charge is 2.30. The molecule has 1 N–H and O–H groups in total. The van der Waals surface area contributed by atoms with Crippen molar-refractivity contribution in [2.24, 2.45) is 0 Å². The van der Waals surface area contributed by atoms with Gasteiger partial charge in [0.05, 0.1) is 12.2 Å². The third kappa shape index (κ3) is 2.83. The van der Waals surface area contributed by atoms with E-state index < -0.39 is 18.0 Å². The quantitative estimate of drug-likeness (QED) is 0.819. The van der Waals surface area contributed by atoms with Gasteiger partial charge in [-0.2, -0.15) is 0 Å². The Bertz CT molecular complexity index is 496. The summed E-state index contributed by atoms with van der Waals surface area (Å²) in [5, 5.41) is 3.22. The molecule has 100 valence electrons. The van der Waals surface area contributed by atoms with Gasteiger partial charge in [0.25, 0.3) is 0 Å². The molecule has 2 aliphatic rings. The molecular formula is C13H14N2O4. The molecule has 1 saturated heterocycles. The first-order valence-electron chi connectivity index (χ1n) is 6.32. The Kier molecular flexibility index (Phi) is 3.06. The van der Waals surface area contributed by atoms with Crippen molar-refractivity contribution in [1.29, 1.82) is 0 Å². The van der Waals surface area contributed by atoms with Crippen molar-refractivity contribution in [2.75, 3.05) is 11.9 Å². The molecule has 2 fully saturated rings. The van der Waals surface area contributed by atoms with Crippen LogP contribution in [0, 0.1) is 0 Å². The monoisotopic (exact) mass is 262 g/mol. The minimum absolute atomic E-state index is 0.305. The van der Waals surface area contributed by atoms with E-state index in [1.54, 1.807) is 12.1 Å². The lowest BCUT2D eigenvalue weighted by Gasteiger charge is -2.08. The van der Waals surface area contributed by atoms with Crippen LogP contribution in [0.2, 0.25) is 0 Å². The van der Waals surface area contributed by atoms with E-state index in [-0.39, 0.29) is 0 Å². The Morgan fingerprint density at radius 2 is 2.21 bits per heavy atom. The van der Waals surface area contributed by atoms with Crippen LogP contribution in [0.1, 0.15) is 29.6 Å². The molecule has 0 bridgehead atoms. The standard InChI is InChI=1S/C13H14N2O4/c16-12(19-10-5-6-18-13(10)17)8-1-4-11(14-7-8)15-9-2-3-9/h1,4,7,9-10H,2-3,5-6H2,(H,14,15)/t10-/m0/s1. The van der Waals surface area contributed by atoms with Crippen molar-refractivity contribution >= 4 is 17.8 Å². The zero-order valence-electron chi connectivity index (χ0n) is 10.3. The number of aromatic nitrogens is 1. The predicted molar refractivity (Wildman–Crippen MR) is 65.7 cm³/mol. The van der Waals surface area contributed by atoms with E-state index in [1.165, 1.54) is 6.20 Å². The number of carbonyl (C=O) groups is 2. The zero-order chi connectivity index (χ0) is 13.2. The third-order valence-corrected chi connectivity index (χ3v) is 3.07. The summed E-state index contributed by atoms with van der Waals surface area (Å²) in [4.78, 5) is 27.1. The molecule has 1 atom stereocenters. The van der Waals surface area contributed by atoms with Crippen molar-refractivity contribution in [3.63, 3.8) is 0 Å². The SMILES string of the molecule is O=C(O[C@H]1CCOC1=O)c1ccc(NC2CC2)nc1. The molecule has 6 heteroatoms. The Morgan fingerprint density at radius 1 is 1.37 bits per heavy atom. The van der Waals surface area contributed by atoms with E-state index >= 15 is 0 Å². The molecule has 0 aromatic carbocycles.